The van der Waals surface area contributed by atoms with Crippen LogP contribution in [0, 0.1) is 0 Å². The molecule has 0 radical (unpaired) electrons. The van der Waals surface area contributed by atoms with Crippen molar-refractivity contribution in [1.82, 2.24) is 0 Å². The van der Waals surface area contributed by atoms with Crippen LogP contribution in [0.15, 0.2) is 60.7 Å². The van der Waals surface area contributed by atoms with Crippen molar-refractivity contribution in [2.75, 3.05) is 0 Å². The molecular weight excluding hydrogens is 287 g/mol. The Morgan fingerprint density at radius 1 is 0.733 bits per heavy atom. The van der Waals surface area contributed by atoms with Crippen molar-refractivity contribution in [3.8, 4) is 0 Å². The van der Waals surface area contributed by atoms with Crippen molar-refractivity contribution >= 4 is 26.9 Å². The molecule has 0 unspecified atom stereocenters. The molecule has 0 fully saturated rings. The third kappa shape index (κ3) is 2.63. The molecule has 0 spiro atoms. The van der Waals surface area contributed by atoms with E-state index >= 15 is 0 Å². The molecule has 0 aliphatic rings. The van der Waals surface area contributed by atoms with Crippen LogP contribution in [0.4, 0.5) is 0 Å². The fourth-order valence-corrected chi connectivity index (χ4v) is 9.74. The fraction of sp³-hybridized carbons (Fsp3) is 0.143. The van der Waals surface area contributed by atoms with E-state index in [-0.39, 0.29) is 0 Å². The Balaban J connectivity index is 2.34. The summed E-state index contributed by atoms with van der Waals surface area (Å²) >= 11 is -1.68. The molecule has 0 nitrogen and oxygen atoms in total. The van der Waals surface area contributed by atoms with E-state index in [2.05, 4.69) is 67.6 Å². The Morgan fingerprint density at radius 2 is 1.13 bits per heavy atom. The Labute approximate surface area is 98.7 Å². The van der Waals surface area contributed by atoms with Crippen molar-refractivity contribution in [1.29, 1.82) is 0 Å². The molecule has 2 rings (SSSR count). The van der Waals surface area contributed by atoms with Crippen LogP contribution < -0.4 is 7.16 Å². The van der Waals surface area contributed by atoms with Crippen LogP contribution >= 0.6 is 0 Å². The van der Waals surface area contributed by atoms with Crippen molar-refractivity contribution in [3.63, 3.8) is 0 Å². The average Bonchev–Trinajstić information content (AvgIpc) is 2.33. The number of benzene rings is 2. The van der Waals surface area contributed by atoms with Gasteiger partial charge in [0.15, 0.2) is 0 Å². The van der Waals surface area contributed by atoms with Gasteiger partial charge in [-0.3, -0.25) is 0 Å². The van der Waals surface area contributed by atoms with Crippen molar-refractivity contribution < 1.29 is 0 Å². The zero-order valence-corrected chi connectivity index (χ0v) is 12.4. The van der Waals surface area contributed by atoms with Gasteiger partial charge in [0.1, 0.15) is 0 Å². The molecule has 0 heterocycles. The standard InChI is InChI=1S/2C6H5.C2H5.Sn.H/c2*1-2-4-6-5-3-1;1-2;;/h2*1-5H;1H2,2H3;;. The first kappa shape index (κ1) is 10.7. The summed E-state index contributed by atoms with van der Waals surface area (Å²) < 4.78 is 4.59. The molecular formula is C14H16Sn. The summed E-state index contributed by atoms with van der Waals surface area (Å²) in [5.41, 5.74) is 0. The molecule has 1 heteroatoms. The van der Waals surface area contributed by atoms with Crippen molar-refractivity contribution in [3.05, 3.63) is 60.7 Å². The van der Waals surface area contributed by atoms with Gasteiger partial charge in [0, 0.05) is 0 Å². The van der Waals surface area contributed by atoms with Crippen LogP contribution in [0.1, 0.15) is 6.92 Å². The summed E-state index contributed by atoms with van der Waals surface area (Å²) in [5.74, 6) is 0. The Morgan fingerprint density at radius 3 is 1.47 bits per heavy atom. The molecule has 0 N–H and O–H groups in total. The van der Waals surface area contributed by atoms with E-state index in [1.54, 1.807) is 7.16 Å². The van der Waals surface area contributed by atoms with Crippen LogP contribution in [0.3, 0.4) is 0 Å². The van der Waals surface area contributed by atoms with Gasteiger partial charge in [0.25, 0.3) is 0 Å². The van der Waals surface area contributed by atoms with Gasteiger partial charge in [0.2, 0.25) is 0 Å². The van der Waals surface area contributed by atoms with E-state index in [0.717, 1.165) is 0 Å². The maximum atomic E-state index is 2.33. The minimum absolute atomic E-state index is 1.36. The Kier molecular flexibility index (Phi) is 3.84. The van der Waals surface area contributed by atoms with E-state index in [0.29, 0.717) is 0 Å². The van der Waals surface area contributed by atoms with Crippen LogP contribution in [0.5, 0.6) is 0 Å². The summed E-state index contributed by atoms with van der Waals surface area (Å²) in [5, 5.41) is 0. The minimum atomic E-state index is -1.68. The van der Waals surface area contributed by atoms with Gasteiger partial charge in [-0.15, -0.1) is 0 Å². The quantitative estimate of drug-likeness (QED) is 0.761. The predicted molar refractivity (Wildman–Crippen MR) is 69.8 cm³/mol. The van der Waals surface area contributed by atoms with Gasteiger partial charge < -0.3 is 0 Å². The second kappa shape index (κ2) is 5.36. The van der Waals surface area contributed by atoms with E-state index in [1.807, 2.05) is 0 Å². The van der Waals surface area contributed by atoms with Crippen LogP contribution in [0.2, 0.25) is 4.44 Å². The molecule has 0 aliphatic carbocycles. The van der Waals surface area contributed by atoms with E-state index in [4.69, 9.17) is 0 Å². The topological polar surface area (TPSA) is 0 Å². The fourth-order valence-electron chi connectivity index (χ4n) is 2.03. The molecule has 15 heavy (non-hydrogen) atoms. The van der Waals surface area contributed by atoms with Gasteiger partial charge in [0.05, 0.1) is 0 Å². The van der Waals surface area contributed by atoms with Gasteiger partial charge in [-0.05, 0) is 0 Å². The first-order chi connectivity index (χ1) is 7.42. The summed E-state index contributed by atoms with van der Waals surface area (Å²) in [7, 11) is 0. The van der Waals surface area contributed by atoms with Gasteiger partial charge >= 0.3 is 98.9 Å². The second-order valence-electron chi connectivity index (χ2n) is 3.78. The predicted octanol–water partition coefficient (Wildman–Crippen LogP) is 2.05. The summed E-state index contributed by atoms with van der Waals surface area (Å²) in [4.78, 5) is 0. The third-order valence-corrected chi connectivity index (χ3v) is 11.9. The van der Waals surface area contributed by atoms with E-state index in [1.165, 1.54) is 4.44 Å². The maximum absolute atomic E-state index is 2.33. The average molecular weight is 303 g/mol. The zero-order chi connectivity index (χ0) is 10.5. The molecule has 76 valence electrons. The van der Waals surface area contributed by atoms with Crippen LogP contribution in [-0.2, 0) is 0 Å². The van der Waals surface area contributed by atoms with Crippen LogP contribution in [-0.4, -0.2) is 19.8 Å². The zero-order valence-electron chi connectivity index (χ0n) is 9.06. The monoisotopic (exact) mass is 304 g/mol. The molecule has 0 bridgehead atoms. The first-order valence-electron chi connectivity index (χ1n) is 5.51. The van der Waals surface area contributed by atoms with Gasteiger partial charge in [-0.25, -0.2) is 0 Å². The summed E-state index contributed by atoms with van der Waals surface area (Å²) in [6, 6.07) is 22.1. The Bertz CT molecular complexity index is 355. The van der Waals surface area contributed by atoms with Crippen molar-refractivity contribution in [2.45, 2.75) is 11.4 Å². The third-order valence-electron chi connectivity index (χ3n) is 2.81. The Hall–Kier alpha value is -0.761. The van der Waals surface area contributed by atoms with Gasteiger partial charge in [-0.1, -0.05) is 0 Å². The van der Waals surface area contributed by atoms with E-state index in [9.17, 15) is 0 Å². The molecule has 0 aliphatic heterocycles. The molecule has 2 aromatic rings. The van der Waals surface area contributed by atoms with Gasteiger partial charge in [-0.2, -0.15) is 0 Å². The normalized spacial score (nSPS) is 10.5. The SMILES string of the molecule is C[CH2][SnH]([c]1ccccc1)[c]1ccccc1. The van der Waals surface area contributed by atoms with Crippen LogP contribution in [0.25, 0.3) is 0 Å². The number of hydrogen-bond acceptors (Lipinski definition) is 0. The molecule has 0 aromatic heterocycles. The molecule has 0 saturated carbocycles. The summed E-state index contributed by atoms with van der Waals surface area (Å²) in [6.45, 7) is 2.33. The number of rotatable bonds is 3. The number of hydrogen-bond donors (Lipinski definition) is 0. The molecule has 2 aromatic carbocycles. The summed E-state index contributed by atoms with van der Waals surface area (Å²) in [6.07, 6.45) is 0. The molecule has 0 atom stereocenters. The van der Waals surface area contributed by atoms with Crippen molar-refractivity contribution in [2.24, 2.45) is 0 Å². The second-order valence-corrected chi connectivity index (χ2v) is 13.1. The molecule has 0 amide bonds. The molecule has 0 saturated heterocycles. The first-order valence-corrected chi connectivity index (χ1v) is 11.1. The van der Waals surface area contributed by atoms with E-state index < -0.39 is 19.8 Å².